The minimum atomic E-state index is -0.631. The first-order valence-corrected chi connectivity index (χ1v) is 10.1. The summed E-state index contributed by atoms with van der Waals surface area (Å²) in [5.41, 5.74) is 1.95. The van der Waals surface area contributed by atoms with Crippen LogP contribution in [0.1, 0.15) is 22.3 Å². The molecule has 0 bridgehead atoms. The maximum atomic E-state index is 12.0. The fourth-order valence-corrected chi connectivity index (χ4v) is 3.08. The Morgan fingerprint density at radius 1 is 1.00 bits per heavy atom. The molecule has 0 heterocycles. The van der Waals surface area contributed by atoms with Crippen molar-refractivity contribution in [3.05, 3.63) is 65.7 Å². The van der Waals surface area contributed by atoms with Crippen molar-refractivity contribution in [1.82, 2.24) is 5.32 Å². The molecular weight excluding hydrogens is 390 g/mol. The lowest BCUT2D eigenvalue weighted by molar-refractivity contribution is -0.124. The number of carbonyl (C=O) groups excluding carboxylic acids is 3. The van der Waals surface area contributed by atoms with E-state index in [2.05, 4.69) is 22.8 Å². The molecule has 0 fully saturated rings. The molecule has 0 aliphatic carbocycles. The molecular formula is C21H21N3O4S. The van der Waals surface area contributed by atoms with Gasteiger partial charge in [-0.3, -0.25) is 9.59 Å². The molecule has 0 saturated carbocycles. The van der Waals surface area contributed by atoms with Crippen LogP contribution in [0.2, 0.25) is 0 Å². The number of rotatable bonds is 10. The highest BCUT2D eigenvalue weighted by molar-refractivity contribution is 7.98. The summed E-state index contributed by atoms with van der Waals surface area (Å²) in [6, 6.07) is 17.8. The molecule has 0 aliphatic heterocycles. The maximum absolute atomic E-state index is 12.0. The molecule has 29 heavy (non-hydrogen) atoms. The van der Waals surface area contributed by atoms with Gasteiger partial charge in [-0.05, 0) is 29.8 Å². The van der Waals surface area contributed by atoms with Gasteiger partial charge in [0.05, 0.1) is 11.6 Å². The van der Waals surface area contributed by atoms with E-state index >= 15 is 0 Å². The van der Waals surface area contributed by atoms with Crippen LogP contribution in [0.4, 0.5) is 5.69 Å². The summed E-state index contributed by atoms with van der Waals surface area (Å²) in [5, 5.41) is 13.7. The molecule has 0 saturated heterocycles. The van der Waals surface area contributed by atoms with E-state index in [0.717, 1.165) is 11.5 Å². The number of hydrogen-bond acceptors (Lipinski definition) is 6. The zero-order valence-electron chi connectivity index (χ0n) is 15.7. The van der Waals surface area contributed by atoms with E-state index in [1.807, 2.05) is 18.2 Å². The zero-order chi connectivity index (χ0) is 20.9. The minimum Gasteiger partial charge on any atom is -0.452 e. The van der Waals surface area contributed by atoms with Gasteiger partial charge in [-0.25, -0.2) is 4.79 Å². The van der Waals surface area contributed by atoms with Gasteiger partial charge in [0, 0.05) is 23.7 Å². The number of carbonyl (C=O) groups is 3. The van der Waals surface area contributed by atoms with Gasteiger partial charge < -0.3 is 15.4 Å². The van der Waals surface area contributed by atoms with E-state index in [1.54, 1.807) is 17.8 Å². The van der Waals surface area contributed by atoms with Crippen molar-refractivity contribution in [3.63, 3.8) is 0 Å². The number of nitrogens with zero attached hydrogens (tertiary/aromatic N) is 1. The zero-order valence-corrected chi connectivity index (χ0v) is 16.5. The van der Waals surface area contributed by atoms with Crippen molar-refractivity contribution in [1.29, 1.82) is 5.26 Å². The molecule has 2 N–H and O–H groups in total. The quantitative estimate of drug-likeness (QED) is 0.460. The molecule has 0 unspecified atom stereocenters. The van der Waals surface area contributed by atoms with Crippen molar-refractivity contribution < 1.29 is 19.1 Å². The third-order valence-corrected chi connectivity index (χ3v) is 4.69. The number of esters is 1. The van der Waals surface area contributed by atoms with Gasteiger partial charge in [-0.2, -0.15) is 17.0 Å². The lowest BCUT2D eigenvalue weighted by atomic mass is 10.2. The van der Waals surface area contributed by atoms with E-state index in [1.165, 1.54) is 29.8 Å². The van der Waals surface area contributed by atoms with Gasteiger partial charge in [0.2, 0.25) is 5.91 Å². The van der Waals surface area contributed by atoms with Crippen LogP contribution in [0, 0.1) is 11.3 Å². The number of nitriles is 1. The molecule has 8 heteroatoms. The van der Waals surface area contributed by atoms with Crippen molar-refractivity contribution in [2.45, 2.75) is 12.2 Å². The fourth-order valence-electron chi connectivity index (χ4n) is 2.26. The third kappa shape index (κ3) is 8.49. The monoisotopic (exact) mass is 411 g/mol. The van der Waals surface area contributed by atoms with E-state index < -0.39 is 11.9 Å². The number of amides is 2. The Morgan fingerprint density at radius 3 is 2.41 bits per heavy atom. The summed E-state index contributed by atoms with van der Waals surface area (Å²) in [4.78, 5) is 35.1. The van der Waals surface area contributed by atoms with E-state index in [4.69, 9.17) is 10.00 Å². The van der Waals surface area contributed by atoms with Crippen LogP contribution in [0.3, 0.4) is 0 Å². The molecule has 0 aliphatic rings. The highest BCUT2D eigenvalue weighted by Crippen LogP contribution is 2.12. The van der Waals surface area contributed by atoms with Crippen LogP contribution in [0.25, 0.3) is 0 Å². The third-order valence-electron chi connectivity index (χ3n) is 3.66. The Morgan fingerprint density at radius 2 is 1.72 bits per heavy atom. The summed E-state index contributed by atoms with van der Waals surface area (Å²) >= 11 is 1.71. The number of ether oxygens (including phenoxy) is 1. The molecule has 2 aromatic carbocycles. The number of nitrogens with one attached hydrogen (secondary N) is 2. The first kappa shape index (κ1) is 22.0. The summed E-state index contributed by atoms with van der Waals surface area (Å²) in [5.74, 6) is 0.209. The summed E-state index contributed by atoms with van der Waals surface area (Å²) in [6.07, 6.45) is -0.246. The predicted molar refractivity (Wildman–Crippen MR) is 111 cm³/mol. The van der Waals surface area contributed by atoms with E-state index in [9.17, 15) is 14.4 Å². The Hall–Kier alpha value is -3.31. The number of anilines is 1. The standard InChI is InChI=1S/C21H21N3O4S/c22-11-10-19(25)24-18-8-6-17(7-9-18)21(27)28-14-20(26)23-12-13-29-15-16-4-2-1-3-5-16/h1-9H,10,12-15H2,(H,23,26)(H,24,25). The van der Waals surface area contributed by atoms with Gasteiger partial charge >= 0.3 is 5.97 Å². The highest BCUT2D eigenvalue weighted by atomic mass is 32.2. The fraction of sp³-hybridized carbons (Fsp3) is 0.238. The van der Waals surface area contributed by atoms with Gasteiger partial charge in [-0.15, -0.1) is 0 Å². The largest absolute Gasteiger partial charge is 0.452 e. The normalized spacial score (nSPS) is 9.90. The maximum Gasteiger partial charge on any atom is 0.338 e. The van der Waals surface area contributed by atoms with E-state index in [-0.39, 0.29) is 24.5 Å². The Bertz CT molecular complexity index is 864. The smallest absolute Gasteiger partial charge is 0.338 e. The molecule has 0 radical (unpaired) electrons. The summed E-state index contributed by atoms with van der Waals surface area (Å²) in [6.45, 7) is 0.133. The molecule has 0 aromatic heterocycles. The van der Waals surface area contributed by atoms with Crippen LogP contribution in [0.15, 0.2) is 54.6 Å². The predicted octanol–water partition coefficient (Wildman–Crippen LogP) is 2.75. The van der Waals surface area contributed by atoms with Gasteiger partial charge in [-0.1, -0.05) is 30.3 Å². The molecule has 150 valence electrons. The second-order valence-corrected chi connectivity index (χ2v) is 7.03. The number of benzene rings is 2. The second kappa shape index (κ2) is 12.2. The first-order valence-electron chi connectivity index (χ1n) is 8.91. The SMILES string of the molecule is N#CCC(=O)Nc1ccc(C(=O)OCC(=O)NCCSCc2ccccc2)cc1. The van der Waals surface area contributed by atoms with Crippen LogP contribution >= 0.6 is 11.8 Å². The van der Waals surface area contributed by atoms with Gasteiger partial charge in [0.1, 0.15) is 6.42 Å². The van der Waals surface area contributed by atoms with Crippen LogP contribution in [-0.2, 0) is 20.1 Å². The number of thioether (sulfide) groups is 1. The van der Waals surface area contributed by atoms with Crippen molar-refractivity contribution in [3.8, 4) is 6.07 Å². The molecule has 2 rings (SSSR count). The van der Waals surface area contributed by atoms with Crippen LogP contribution < -0.4 is 10.6 Å². The first-order chi connectivity index (χ1) is 14.1. The van der Waals surface area contributed by atoms with Crippen LogP contribution in [0.5, 0.6) is 0 Å². The highest BCUT2D eigenvalue weighted by Gasteiger charge is 2.10. The molecule has 2 aromatic rings. The Balaban J connectivity index is 1.63. The number of hydrogen-bond donors (Lipinski definition) is 2. The summed E-state index contributed by atoms with van der Waals surface area (Å²) in [7, 11) is 0. The Labute approximate surface area is 173 Å². The molecule has 2 amide bonds. The lowest BCUT2D eigenvalue weighted by Crippen LogP contribution is -2.30. The van der Waals surface area contributed by atoms with Crippen molar-refractivity contribution in [2.24, 2.45) is 0 Å². The van der Waals surface area contributed by atoms with Gasteiger partial charge in [0.25, 0.3) is 5.91 Å². The van der Waals surface area contributed by atoms with Crippen molar-refractivity contribution >= 4 is 35.2 Å². The Kier molecular flexibility index (Phi) is 9.25. The molecule has 7 nitrogen and oxygen atoms in total. The average Bonchev–Trinajstić information content (AvgIpc) is 2.73. The second-order valence-electron chi connectivity index (χ2n) is 5.92. The lowest BCUT2D eigenvalue weighted by Gasteiger charge is -2.08. The minimum absolute atomic E-state index is 0.246. The van der Waals surface area contributed by atoms with Crippen molar-refractivity contribution in [2.75, 3.05) is 24.2 Å². The molecule has 0 spiro atoms. The summed E-state index contributed by atoms with van der Waals surface area (Å²) < 4.78 is 4.99. The van der Waals surface area contributed by atoms with Crippen LogP contribution in [-0.4, -0.2) is 36.7 Å². The topological polar surface area (TPSA) is 108 Å². The molecule has 0 atom stereocenters. The average molecular weight is 411 g/mol. The van der Waals surface area contributed by atoms with E-state index in [0.29, 0.717) is 12.2 Å². The van der Waals surface area contributed by atoms with Gasteiger partial charge in [0.15, 0.2) is 6.61 Å².